The fourth-order valence-electron chi connectivity index (χ4n) is 2.15. The van der Waals surface area contributed by atoms with E-state index in [0.29, 0.717) is 32.0 Å². The summed E-state index contributed by atoms with van der Waals surface area (Å²) in [5.74, 6) is 0.686. The Hall–Kier alpha value is -1.86. The van der Waals surface area contributed by atoms with Crippen molar-refractivity contribution in [1.82, 2.24) is 14.7 Å². The highest BCUT2D eigenvalue weighted by Crippen LogP contribution is 2.16. The molecule has 0 spiro atoms. The molecule has 0 saturated carbocycles. The molecular weight excluding hydrogens is 350 g/mol. The Labute approximate surface area is 136 Å². The number of aromatic nitrogens is 2. The maximum absolute atomic E-state index is 12.3. The number of nitrogens with zero attached hydrogens (tertiary/aromatic N) is 3. The SMILES string of the molecule is O=C(c1ccn(COc2ccc(Br)cc2)n1)N1CCOCC1. The van der Waals surface area contributed by atoms with Gasteiger partial charge in [-0.05, 0) is 30.3 Å². The molecular formula is C15H16BrN3O3. The van der Waals surface area contributed by atoms with Gasteiger partial charge < -0.3 is 14.4 Å². The fourth-order valence-corrected chi connectivity index (χ4v) is 2.41. The number of morpholine rings is 1. The second kappa shape index (κ2) is 6.93. The second-order valence-corrected chi connectivity index (χ2v) is 5.79. The smallest absolute Gasteiger partial charge is 0.274 e. The molecule has 1 aromatic carbocycles. The summed E-state index contributed by atoms with van der Waals surface area (Å²) >= 11 is 3.37. The maximum Gasteiger partial charge on any atom is 0.274 e. The van der Waals surface area contributed by atoms with E-state index in [-0.39, 0.29) is 12.6 Å². The van der Waals surface area contributed by atoms with Crippen LogP contribution in [-0.4, -0.2) is 46.9 Å². The van der Waals surface area contributed by atoms with Crippen LogP contribution in [0.3, 0.4) is 0 Å². The van der Waals surface area contributed by atoms with E-state index in [4.69, 9.17) is 9.47 Å². The number of hydrogen-bond donors (Lipinski definition) is 0. The summed E-state index contributed by atoms with van der Waals surface area (Å²) in [6, 6.07) is 9.26. The first-order valence-corrected chi connectivity index (χ1v) is 7.80. The topological polar surface area (TPSA) is 56.6 Å². The van der Waals surface area contributed by atoms with Crippen LogP contribution in [0.5, 0.6) is 5.75 Å². The second-order valence-electron chi connectivity index (χ2n) is 4.87. The third-order valence-electron chi connectivity index (χ3n) is 3.34. The van der Waals surface area contributed by atoms with Gasteiger partial charge >= 0.3 is 0 Å². The minimum atomic E-state index is -0.0642. The quantitative estimate of drug-likeness (QED) is 0.832. The van der Waals surface area contributed by atoms with Gasteiger partial charge in [0.15, 0.2) is 12.4 Å². The Kier molecular flexibility index (Phi) is 4.74. The van der Waals surface area contributed by atoms with E-state index < -0.39 is 0 Å². The summed E-state index contributed by atoms with van der Waals surface area (Å²) in [5.41, 5.74) is 0.432. The summed E-state index contributed by atoms with van der Waals surface area (Å²) in [7, 11) is 0. The highest BCUT2D eigenvalue weighted by Gasteiger charge is 2.20. The van der Waals surface area contributed by atoms with Gasteiger partial charge in [-0.1, -0.05) is 15.9 Å². The Morgan fingerprint density at radius 2 is 1.95 bits per heavy atom. The van der Waals surface area contributed by atoms with Crippen LogP contribution in [0.25, 0.3) is 0 Å². The monoisotopic (exact) mass is 365 g/mol. The van der Waals surface area contributed by atoms with Crippen molar-refractivity contribution in [2.24, 2.45) is 0 Å². The Morgan fingerprint density at radius 1 is 1.23 bits per heavy atom. The Balaban J connectivity index is 1.58. The van der Waals surface area contributed by atoms with Crippen LogP contribution in [0.15, 0.2) is 41.0 Å². The molecule has 1 amide bonds. The van der Waals surface area contributed by atoms with Crippen molar-refractivity contribution in [1.29, 1.82) is 0 Å². The maximum atomic E-state index is 12.3. The van der Waals surface area contributed by atoms with Crippen LogP contribution in [0.4, 0.5) is 0 Å². The van der Waals surface area contributed by atoms with Crippen molar-refractivity contribution in [3.8, 4) is 5.75 Å². The van der Waals surface area contributed by atoms with E-state index in [1.54, 1.807) is 21.8 Å². The molecule has 7 heteroatoms. The molecule has 0 atom stereocenters. The van der Waals surface area contributed by atoms with Gasteiger partial charge in [-0.3, -0.25) is 4.79 Å². The molecule has 2 heterocycles. The van der Waals surface area contributed by atoms with E-state index >= 15 is 0 Å². The summed E-state index contributed by atoms with van der Waals surface area (Å²) in [6.45, 7) is 2.65. The highest BCUT2D eigenvalue weighted by atomic mass is 79.9. The molecule has 0 N–H and O–H groups in total. The van der Waals surface area contributed by atoms with Crippen molar-refractivity contribution < 1.29 is 14.3 Å². The molecule has 1 fully saturated rings. The number of hydrogen-bond acceptors (Lipinski definition) is 4. The van der Waals surface area contributed by atoms with Gasteiger partial charge in [-0.15, -0.1) is 0 Å². The van der Waals surface area contributed by atoms with Gasteiger partial charge in [0, 0.05) is 23.8 Å². The van der Waals surface area contributed by atoms with Crippen molar-refractivity contribution >= 4 is 21.8 Å². The zero-order chi connectivity index (χ0) is 15.4. The summed E-state index contributed by atoms with van der Waals surface area (Å²) < 4.78 is 13.5. The Morgan fingerprint density at radius 3 is 2.68 bits per heavy atom. The van der Waals surface area contributed by atoms with Gasteiger partial charge in [0.2, 0.25) is 0 Å². The normalized spacial score (nSPS) is 14.9. The number of ether oxygens (including phenoxy) is 2. The molecule has 1 aliphatic heterocycles. The predicted octanol–water partition coefficient (Wildman–Crippen LogP) is 2.15. The van der Waals surface area contributed by atoms with Crippen LogP contribution in [0, 0.1) is 0 Å². The Bertz CT molecular complexity index is 636. The molecule has 6 nitrogen and oxygen atoms in total. The molecule has 2 aromatic rings. The van der Waals surface area contributed by atoms with Crippen molar-refractivity contribution in [2.45, 2.75) is 6.73 Å². The standard InChI is InChI=1S/C15H16BrN3O3/c16-12-1-3-13(4-2-12)22-11-19-6-5-14(17-19)15(20)18-7-9-21-10-8-18/h1-6H,7-11H2. The van der Waals surface area contributed by atoms with Crippen molar-refractivity contribution in [3.63, 3.8) is 0 Å². The average molecular weight is 366 g/mol. The molecule has 0 aliphatic carbocycles. The molecule has 3 rings (SSSR count). The van der Waals surface area contributed by atoms with E-state index in [1.807, 2.05) is 24.3 Å². The lowest BCUT2D eigenvalue weighted by atomic mass is 10.3. The fraction of sp³-hybridized carbons (Fsp3) is 0.333. The first kappa shape index (κ1) is 15.1. The van der Waals surface area contributed by atoms with Crippen LogP contribution in [0.1, 0.15) is 10.5 Å². The summed E-state index contributed by atoms with van der Waals surface area (Å²) in [6.07, 6.45) is 1.74. The van der Waals surface area contributed by atoms with Gasteiger partial charge in [0.25, 0.3) is 5.91 Å². The lowest BCUT2D eigenvalue weighted by Crippen LogP contribution is -2.40. The van der Waals surface area contributed by atoms with Crippen LogP contribution in [-0.2, 0) is 11.5 Å². The van der Waals surface area contributed by atoms with E-state index in [2.05, 4.69) is 21.0 Å². The van der Waals surface area contributed by atoms with Gasteiger partial charge in [0.1, 0.15) is 5.75 Å². The number of carbonyl (C=O) groups is 1. The van der Waals surface area contributed by atoms with Gasteiger partial charge in [0.05, 0.1) is 13.2 Å². The zero-order valence-electron chi connectivity index (χ0n) is 11.9. The minimum Gasteiger partial charge on any atom is -0.471 e. The molecule has 0 unspecified atom stereocenters. The third kappa shape index (κ3) is 3.66. The molecule has 0 bridgehead atoms. The van der Waals surface area contributed by atoms with Crippen molar-refractivity contribution in [3.05, 3.63) is 46.7 Å². The van der Waals surface area contributed by atoms with Crippen LogP contribution < -0.4 is 4.74 Å². The van der Waals surface area contributed by atoms with E-state index in [1.165, 1.54) is 0 Å². The summed E-state index contributed by atoms with van der Waals surface area (Å²) in [5, 5.41) is 4.27. The number of halogens is 1. The minimum absolute atomic E-state index is 0.0642. The van der Waals surface area contributed by atoms with Crippen molar-refractivity contribution in [2.75, 3.05) is 26.3 Å². The largest absolute Gasteiger partial charge is 0.471 e. The van der Waals surface area contributed by atoms with Crippen LogP contribution in [0.2, 0.25) is 0 Å². The first-order valence-electron chi connectivity index (χ1n) is 7.01. The number of carbonyl (C=O) groups excluding carboxylic acids is 1. The average Bonchev–Trinajstić information content (AvgIpc) is 3.03. The highest BCUT2D eigenvalue weighted by molar-refractivity contribution is 9.10. The van der Waals surface area contributed by atoms with Gasteiger partial charge in [-0.2, -0.15) is 5.10 Å². The summed E-state index contributed by atoms with van der Waals surface area (Å²) in [4.78, 5) is 14.0. The molecule has 116 valence electrons. The molecule has 1 aromatic heterocycles. The van der Waals surface area contributed by atoms with E-state index in [9.17, 15) is 4.79 Å². The molecule has 22 heavy (non-hydrogen) atoms. The number of amides is 1. The third-order valence-corrected chi connectivity index (χ3v) is 3.86. The predicted molar refractivity (Wildman–Crippen MR) is 83.7 cm³/mol. The van der Waals surface area contributed by atoms with E-state index in [0.717, 1.165) is 10.2 Å². The molecule has 1 saturated heterocycles. The first-order chi connectivity index (χ1) is 10.7. The van der Waals surface area contributed by atoms with Crippen LogP contribution >= 0.6 is 15.9 Å². The lowest BCUT2D eigenvalue weighted by molar-refractivity contribution is 0.0298. The molecule has 0 radical (unpaired) electrons. The number of benzene rings is 1. The lowest BCUT2D eigenvalue weighted by Gasteiger charge is -2.25. The van der Waals surface area contributed by atoms with Gasteiger partial charge in [-0.25, -0.2) is 4.68 Å². The molecule has 1 aliphatic rings. The zero-order valence-corrected chi connectivity index (χ0v) is 13.5. The number of rotatable bonds is 4.